The second-order valence-corrected chi connectivity index (χ2v) is 12.1. The zero-order chi connectivity index (χ0) is 32.6. The average molecular weight is 676 g/mol. The first-order valence-corrected chi connectivity index (χ1v) is 14.6. The molecule has 250 valence electrons. The Balaban J connectivity index is 0.00000433. The zero-order valence-electron chi connectivity index (χ0n) is 25.7. The van der Waals surface area contributed by atoms with Gasteiger partial charge in [-0.2, -0.15) is 18.3 Å². The Labute approximate surface area is 273 Å². The first-order chi connectivity index (χ1) is 21.8. The smallest absolute Gasteiger partial charge is 0.410 e. The third-order valence-corrected chi connectivity index (χ3v) is 7.18. The largest absolute Gasteiger partial charge is 0.444 e. The fraction of sp³-hybridized carbons (Fsp3) is 0.400. The van der Waals surface area contributed by atoms with Gasteiger partial charge in [-0.1, -0.05) is 0 Å². The molecule has 0 spiro atoms. The minimum Gasteiger partial charge on any atom is -0.444 e. The van der Waals surface area contributed by atoms with Crippen molar-refractivity contribution in [1.82, 2.24) is 29.6 Å². The number of nitrogens with zero attached hydrogens (tertiary/aromatic N) is 7. The van der Waals surface area contributed by atoms with E-state index in [0.717, 1.165) is 4.68 Å². The number of nitrogens with one attached hydrogen (secondary N) is 2. The Morgan fingerprint density at radius 1 is 0.936 bits per heavy atom. The van der Waals surface area contributed by atoms with Gasteiger partial charge >= 0.3 is 18.3 Å². The van der Waals surface area contributed by atoms with Crippen LogP contribution in [0.2, 0.25) is 0 Å². The van der Waals surface area contributed by atoms with Gasteiger partial charge in [0.1, 0.15) is 18.0 Å². The number of halogens is 4. The van der Waals surface area contributed by atoms with Crippen LogP contribution in [-0.4, -0.2) is 91.9 Å². The molecule has 17 heteroatoms. The van der Waals surface area contributed by atoms with Crippen LogP contribution in [0.3, 0.4) is 0 Å². The maximum absolute atomic E-state index is 13.5. The number of fused-ring (bicyclic) bond motifs is 3. The molecule has 0 radical (unpaired) electrons. The fourth-order valence-electron chi connectivity index (χ4n) is 5.37. The van der Waals surface area contributed by atoms with Gasteiger partial charge in [-0.25, -0.2) is 24.2 Å². The molecule has 47 heavy (non-hydrogen) atoms. The van der Waals surface area contributed by atoms with E-state index in [4.69, 9.17) is 14.5 Å². The lowest BCUT2D eigenvalue weighted by Crippen LogP contribution is -2.61. The number of morpholine rings is 2. The van der Waals surface area contributed by atoms with Crippen LogP contribution in [-0.2, 0) is 16.0 Å². The number of carbonyl (C=O) groups is 2. The van der Waals surface area contributed by atoms with E-state index >= 15 is 0 Å². The second-order valence-electron chi connectivity index (χ2n) is 12.1. The van der Waals surface area contributed by atoms with Crippen LogP contribution in [0.4, 0.5) is 40.0 Å². The maximum atomic E-state index is 13.5. The minimum absolute atomic E-state index is 0. The number of hydrogen-bond donors (Lipinski definition) is 2. The molecule has 2 fully saturated rings. The molecule has 0 aliphatic carbocycles. The van der Waals surface area contributed by atoms with Crippen molar-refractivity contribution >= 4 is 52.8 Å². The van der Waals surface area contributed by atoms with Crippen molar-refractivity contribution < 1.29 is 32.2 Å². The molecule has 3 aromatic heterocycles. The quantitative estimate of drug-likeness (QED) is 0.287. The Hall–Kier alpha value is -4.70. The van der Waals surface area contributed by atoms with Crippen molar-refractivity contribution in [3.63, 3.8) is 0 Å². The van der Waals surface area contributed by atoms with Gasteiger partial charge in [0.05, 0.1) is 36.9 Å². The highest BCUT2D eigenvalue weighted by Crippen LogP contribution is 2.32. The van der Waals surface area contributed by atoms with Crippen LogP contribution >= 0.6 is 12.4 Å². The van der Waals surface area contributed by atoms with E-state index in [9.17, 15) is 22.8 Å². The summed E-state index contributed by atoms with van der Waals surface area (Å²) in [6, 6.07) is 9.47. The lowest BCUT2D eigenvalue weighted by molar-refractivity contribution is -0.141. The number of rotatable bonds is 5. The molecule has 4 aromatic rings. The van der Waals surface area contributed by atoms with E-state index in [1.54, 1.807) is 74.5 Å². The van der Waals surface area contributed by atoms with Crippen LogP contribution in [0.5, 0.6) is 0 Å². The van der Waals surface area contributed by atoms with Gasteiger partial charge in [0.15, 0.2) is 11.5 Å². The highest BCUT2D eigenvalue weighted by atomic mass is 35.5. The number of benzene rings is 1. The molecule has 2 aliphatic rings. The molecule has 1 aromatic carbocycles. The highest BCUT2D eigenvalue weighted by molar-refractivity contribution is 5.99. The second kappa shape index (κ2) is 13.2. The topological polar surface area (TPSA) is 140 Å². The molecule has 0 saturated carbocycles. The molecule has 3 amide bonds. The first-order valence-electron chi connectivity index (χ1n) is 14.6. The van der Waals surface area contributed by atoms with E-state index < -0.39 is 30.4 Å². The first kappa shape index (κ1) is 33.7. The number of carbonyl (C=O) groups excluding carboxylic acids is 2. The molecule has 5 heterocycles. The van der Waals surface area contributed by atoms with Crippen molar-refractivity contribution in [2.45, 2.75) is 51.3 Å². The number of amides is 3. The predicted octanol–water partition coefficient (Wildman–Crippen LogP) is 5.34. The fourth-order valence-corrected chi connectivity index (χ4v) is 5.37. The van der Waals surface area contributed by atoms with E-state index in [2.05, 4.69) is 25.7 Å². The summed E-state index contributed by atoms with van der Waals surface area (Å²) < 4.78 is 52.8. The van der Waals surface area contributed by atoms with Gasteiger partial charge in [-0.05, 0) is 57.2 Å². The summed E-state index contributed by atoms with van der Waals surface area (Å²) in [6.07, 6.45) is -1.24. The van der Waals surface area contributed by atoms with E-state index in [1.165, 1.54) is 6.20 Å². The highest BCUT2D eigenvalue weighted by Gasteiger charge is 2.39. The van der Waals surface area contributed by atoms with Gasteiger partial charge in [0, 0.05) is 42.4 Å². The minimum atomic E-state index is -4.52. The van der Waals surface area contributed by atoms with Crippen LogP contribution in [0, 0.1) is 0 Å². The molecule has 2 bridgehead atoms. The molecular weight excluding hydrogens is 643 g/mol. The van der Waals surface area contributed by atoms with Gasteiger partial charge in [0.25, 0.3) is 0 Å². The predicted molar refractivity (Wildman–Crippen MR) is 170 cm³/mol. The Morgan fingerprint density at radius 2 is 1.55 bits per heavy atom. The molecule has 2 atom stereocenters. The van der Waals surface area contributed by atoms with E-state index in [1.807, 2.05) is 4.90 Å². The van der Waals surface area contributed by atoms with Crippen LogP contribution < -0.4 is 15.5 Å². The SMILES string of the molecule is CC(C)(C)OC(=O)N1CC2CN(c3nc(-c4ccc(NC(=O)Nc5ccncc5)cc4)nc4c3cnn4CC(F)(F)F)CC(C1)O2.Cl. The lowest BCUT2D eigenvalue weighted by atomic mass is 10.1. The van der Waals surface area contributed by atoms with Crippen molar-refractivity contribution in [1.29, 1.82) is 0 Å². The number of anilines is 3. The molecule has 2 saturated heterocycles. The summed E-state index contributed by atoms with van der Waals surface area (Å²) in [5, 5.41) is 9.79. The summed E-state index contributed by atoms with van der Waals surface area (Å²) >= 11 is 0. The standard InChI is InChI=1S/C30H32F3N9O4.ClH/c1-29(2,3)46-28(44)41-15-21-13-40(14-22(16-41)45-21)25-23-12-35-42(17-30(31,32)33)26(23)39-24(38-25)18-4-6-19(7-5-18)36-27(43)37-20-8-10-34-11-9-20;/h4-12,21-22H,13-17H2,1-3H3,(H2,34,36,37,43);1H. The van der Waals surface area contributed by atoms with Gasteiger partial charge in [-0.3, -0.25) is 4.98 Å². The number of alkyl halides is 3. The third-order valence-electron chi connectivity index (χ3n) is 7.18. The van der Waals surface area contributed by atoms with Crippen LogP contribution in [0.15, 0.2) is 55.0 Å². The number of hydrogen-bond acceptors (Lipinski definition) is 9. The molecular formula is C30H33ClF3N9O4. The van der Waals surface area contributed by atoms with Gasteiger partial charge in [-0.15, -0.1) is 12.4 Å². The van der Waals surface area contributed by atoms with Crippen molar-refractivity contribution in [2.75, 3.05) is 41.7 Å². The molecule has 6 rings (SSSR count). The number of urea groups is 1. The van der Waals surface area contributed by atoms with Gasteiger partial charge < -0.3 is 29.9 Å². The van der Waals surface area contributed by atoms with Crippen molar-refractivity contribution in [2.24, 2.45) is 0 Å². The normalized spacial score (nSPS) is 18.0. The monoisotopic (exact) mass is 675 g/mol. The van der Waals surface area contributed by atoms with E-state index in [-0.39, 0.29) is 36.1 Å². The molecule has 13 nitrogen and oxygen atoms in total. The van der Waals surface area contributed by atoms with Crippen LogP contribution in [0.1, 0.15) is 20.8 Å². The summed E-state index contributed by atoms with van der Waals surface area (Å²) in [6.45, 7) is 5.34. The lowest BCUT2D eigenvalue weighted by Gasteiger charge is -2.46. The Bertz CT molecular complexity index is 1720. The third kappa shape index (κ3) is 8.18. The maximum Gasteiger partial charge on any atom is 0.410 e. The van der Waals surface area contributed by atoms with Crippen LogP contribution in [0.25, 0.3) is 22.4 Å². The Morgan fingerprint density at radius 3 is 2.15 bits per heavy atom. The summed E-state index contributed by atoms with van der Waals surface area (Å²) in [4.78, 5) is 41.9. The average Bonchev–Trinajstić information content (AvgIpc) is 3.37. The summed E-state index contributed by atoms with van der Waals surface area (Å²) in [5.41, 5.74) is 0.959. The number of aromatic nitrogens is 5. The summed E-state index contributed by atoms with van der Waals surface area (Å²) in [5.74, 6) is 0.600. The van der Waals surface area contributed by atoms with Crippen molar-refractivity contribution in [3.8, 4) is 11.4 Å². The summed E-state index contributed by atoms with van der Waals surface area (Å²) in [7, 11) is 0. The molecule has 2 unspecified atom stereocenters. The Kier molecular flexibility index (Phi) is 9.45. The van der Waals surface area contributed by atoms with Gasteiger partial charge in [0.2, 0.25) is 0 Å². The molecule has 2 aliphatic heterocycles. The molecule has 2 N–H and O–H groups in total. The van der Waals surface area contributed by atoms with E-state index in [0.29, 0.717) is 54.3 Å². The van der Waals surface area contributed by atoms with Crippen molar-refractivity contribution in [3.05, 3.63) is 55.0 Å². The number of ether oxygens (including phenoxy) is 2. The zero-order valence-corrected chi connectivity index (χ0v) is 26.5. The number of pyridine rings is 1.